The Balaban J connectivity index is 1.58. The van der Waals surface area contributed by atoms with Gasteiger partial charge in [-0.25, -0.2) is 0 Å². The van der Waals surface area contributed by atoms with Crippen LogP contribution in [-0.2, 0) is 4.79 Å². The van der Waals surface area contributed by atoms with Crippen molar-refractivity contribution >= 4 is 32.8 Å². The second kappa shape index (κ2) is 6.87. The van der Waals surface area contributed by atoms with E-state index in [1.165, 1.54) is 0 Å². The average Bonchev–Trinajstić information content (AvgIpc) is 2.97. The zero-order valence-corrected chi connectivity index (χ0v) is 14.2. The van der Waals surface area contributed by atoms with E-state index in [1.54, 1.807) is 6.07 Å². The molecule has 1 atom stereocenters. The van der Waals surface area contributed by atoms with Gasteiger partial charge in [0.15, 0.2) is 6.61 Å². The molecule has 5 heteroatoms. The fraction of sp³-hybridized carbons (Fsp3) is 0.167. The first-order valence-corrected chi connectivity index (χ1v) is 8.07. The number of nitrogens with one attached hydrogen (secondary N) is 1. The molecule has 118 valence electrons. The van der Waals surface area contributed by atoms with E-state index in [0.717, 1.165) is 21.2 Å². The average molecular weight is 374 g/mol. The molecule has 0 aliphatic rings. The van der Waals surface area contributed by atoms with Gasteiger partial charge in [-0.2, -0.15) is 0 Å². The van der Waals surface area contributed by atoms with Gasteiger partial charge in [0, 0.05) is 9.86 Å². The fourth-order valence-electron chi connectivity index (χ4n) is 2.28. The number of hydrogen-bond acceptors (Lipinski definition) is 3. The second-order valence-electron chi connectivity index (χ2n) is 5.22. The van der Waals surface area contributed by atoms with Crippen molar-refractivity contribution < 1.29 is 13.9 Å². The van der Waals surface area contributed by atoms with Crippen LogP contribution in [0, 0.1) is 0 Å². The molecule has 0 aliphatic heterocycles. The number of ether oxygens (including phenoxy) is 1. The molecule has 0 aliphatic carbocycles. The molecular weight excluding hydrogens is 358 g/mol. The van der Waals surface area contributed by atoms with Gasteiger partial charge < -0.3 is 14.5 Å². The van der Waals surface area contributed by atoms with Crippen molar-refractivity contribution in [1.29, 1.82) is 0 Å². The first kappa shape index (κ1) is 15.6. The van der Waals surface area contributed by atoms with Crippen LogP contribution in [0.1, 0.15) is 18.7 Å². The minimum absolute atomic E-state index is 0.0407. The molecule has 1 heterocycles. The zero-order chi connectivity index (χ0) is 16.2. The number of para-hydroxylation sites is 1. The van der Waals surface area contributed by atoms with E-state index in [-0.39, 0.29) is 18.6 Å². The zero-order valence-electron chi connectivity index (χ0n) is 12.6. The molecule has 1 aromatic heterocycles. The van der Waals surface area contributed by atoms with Gasteiger partial charge in [-0.3, -0.25) is 4.79 Å². The van der Waals surface area contributed by atoms with Gasteiger partial charge in [0.05, 0.1) is 6.04 Å². The van der Waals surface area contributed by atoms with Crippen LogP contribution in [0.3, 0.4) is 0 Å². The number of rotatable bonds is 5. The highest BCUT2D eigenvalue weighted by Gasteiger charge is 2.14. The van der Waals surface area contributed by atoms with Crippen molar-refractivity contribution in [3.63, 3.8) is 0 Å². The first-order valence-electron chi connectivity index (χ1n) is 7.28. The fourth-order valence-corrected chi connectivity index (χ4v) is 2.65. The summed E-state index contributed by atoms with van der Waals surface area (Å²) in [6, 6.07) is 16.9. The summed E-state index contributed by atoms with van der Waals surface area (Å²) in [5, 5.41) is 3.89. The van der Waals surface area contributed by atoms with Gasteiger partial charge >= 0.3 is 0 Å². The van der Waals surface area contributed by atoms with Crippen molar-refractivity contribution in [2.45, 2.75) is 13.0 Å². The molecule has 0 radical (unpaired) electrons. The summed E-state index contributed by atoms with van der Waals surface area (Å²) in [7, 11) is 0. The standard InChI is InChI=1S/C18H16BrNO3/c1-12(17-9-13-5-2-3-8-16(13)23-17)20-18(21)11-22-15-7-4-6-14(19)10-15/h2-10,12H,11H2,1H3,(H,20,21). The van der Waals surface area contributed by atoms with E-state index in [2.05, 4.69) is 21.2 Å². The van der Waals surface area contributed by atoms with Crippen molar-refractivity contribution in [2.75, 3.05) is 6.61 Å². The lowest BCUT2D eigenvalue weighted by molar-refractivity contribution is -0.123. The molecule has 23 heavy (non-hydrogen) atoms. The quantitative estimate of drug-likeness (QED) is 0.718. The van der Waals surface area contributed by atoms with Crippen LogP contribution in [0.2, 0.25) is 0 Å². The van der Waals surface area contributed by atoms with E-state index < -0.39 is 0 Å². The number of carbonyl (C=O) groups excluding carboxylic acids is 1. The normalized spacial score (nSPS) is 12.1. The maximum atomic E-state index is 12.0. The van der Waals surface area contributed by atoms with Crippen LogP contribution in [-0.4, -0.2) is 12.5 Å². The Labute approximate surface area is 142 Å². The Kier molecular flexibility index (Phi) is 4.67. The molecule has 1 amide bonds. The molecule has 3 rings (SSSR count). The van der Waals surface area contributed by atoms with E-state index in [9.17, 15) is 4.79 Å². The number of amides is 1. The van der Waals surface area contributed by atoms with Crippen molar-refractivity contribution in [3.8, 4) is 5.75 Å². The van der Waals surface area contributed by atoms with Gasteiger partial charge in [0.1, 0.15) is 17.1 Å². The molecule has 0 saturated heterocycles. The molecule has 0 fully saturated rings. The number of furan rings is 1. The number of halogens is 1. The number of hydrogen-bond donors (Lipinski definition) is 1. The topological polar surface area (TPSA) is 51.5 Å². The third-order valence-electron chi connectivity index (χ3n) is 3.41. The molecule has 4 nitrogen and oxygen atoms in total. The first-order chi connectivity index (χ1) is 11.1. The van der Waals surface area contributed by atoms with E-state index in [0.29, 0.717) is 5.75 Å². The molecular formula is C18H16BrNO3. The summed E-state index contributed by atoms with van der Waals surface area (Å²) in [6.07, 6.45) is 0. The van der Waals surface area contributed by atoms with Crippen LogP contribution in [0.5, 0.6) is 5.75 Å². The molecule has 2 aromatic carbocycles. The monoisotopic (exact) mass is 373 g/mol. The molecule has 0 bridgehead atoms. The molecule has 1 N–H and O–H groups in total. The third-order valence-corrected chi connectivity index (χ3v) is 3.91. The van der Waals surface area contributed by atoms with Crippen molar-refractivity contribution in [3.05, 3.63) is 64.8 Å². The number of carbonyl (C=O) groups is 1. The summed E-state index contributed by atoms with van der Waals surface area (Å²) in [5.41, 5.74) is 0.814. The predicted molar refractivity (Wildman–Crippen MR) is 92.4 cm³/mol. The third kappa shape index (κ3) is 3.93. The maximum Gasteiger partial charge on any atom is 0.258 e. The van der Waals surface area contributed by atoms with Gasteiger partial charge in [0.2, 0.25) is 0 Å². The second-order valence-corrected chi connectivity index (χ2v) is 6.14. The van der Waals surface area contributed by atoms with Crippen molar-refractivity contribution in [2.24, 2.45) is 0 Å². The minimum Gasteiger partial charge on any atom is -0.484 e. The molecule has 0 saturated carbocycles. The smallest absolute Gasteiger partial charge is 0.258 e. The van der Waals surface area contributed by atoms with E-state index in [4.69, 9.17) is 9.15 Å². The number of fused-ring (bicyclic) bond motifs is 1. The van der Waals surface area contributed by atoms with Crippen molar-refractivity contribution in [1.82, 2.24) is 5.32 Å². The highest BCUT2D eigenvalue weighted by Crippen LogP contribution is 2.23. The SMILES string of the molecule is CC(NC(=O)COc1cccc(Br)c1)c1cc2ccccc2o1. The molecule has 0 spiro atoms. The predicted octanol–water partition coefficient (Wildman–Crippen LogP) is 4.45. The lowest BCUT2D eigenvalue weighted by Gasteiger charge is -2.12. The van der Waals surface area contributed by atoms with Crippen LogP contribution >= 0.6 is 15.9 Å². The Morgan fingerprint density at radius 3 is 2.83 bits per heavy atom. The Hall–Kier alpha value is -2.27. The Morgan fingerprint density at radius 1 is 1.22 bits per heavy atom. The summed E-state index contributed by atoms with van der Waals surface area (Å²) >= 11 is 3.36. The summed E-state index contributed by atoms with van der Waals surface area (Å²) in [4.78, 5) is 12.0. The van der Waals surface area contributed by atoms with E-state index >= 15 is 0 Å². The Bertz CT molecular complexity index is 795. The van der Waals surface area contributed by atoms with Crippen LogP contribution < -0.4 is 10.1 Å². The van der Waals surface area contributed by atoms with Crippen LogP contribution in [0.25, 0.3) is 11.0 Å². The summed E-state index contributed by atoms with van der Waals surface area (Å²) in [6.45, 7) is 1.84. The number of benzene rings is 2. The lowest BCUT2D eigenvalue weighted by Crippen LogP contribution is -2.31. The summed E-state index contributed by atoms with van der Waals surface area (Å²) in [5.74, 6) is 1.17. The highest BCUT2D eigenvalue weighted by atomic mass is 79.9. The maximum absolute atomic E-state index is 12.0. The van der Waals surface area contributed by atoms with E-state index in [1.807, 2.05) is 55.5 Å². The van der Waals surface area contributed by atoms with Gasteiger partial charge in [-0.15, -0.1) is 0 Å². The van der Waals surface area contributed by atoms with Gasteiger partial charge in [-0.1, -0.05) is 40.2 Å². The minimum atomic E-state index is -0.221. The van der Waals surface area contributed by atoms with Gasteiger partial charge in [0.25, 0.3) is 5.91 Å². The summed E-state index contributed by atoms with van der Waals surface area (Å²) < 4.78 is 12.1. The van der Waals surface area contributed by atoms with Crippen LogP contribution in [0.15, 0.2) is 63.5 Å². The van der Waals surface area contributed by atoms with Crippen LogP contribution in [0.4, 0.5) is 0 Å². The molecule has 1 unspecified atom stereocenters. The Morgan fingerprint density at radius 2 is 2.04 bits per heavy atom. The largest absolute Gasteiger partial charge is 0.484 e. The lowest BCUT2D eigenvalue weighted by atomic mass is 10.2. The molecule has 3 aromatic rings. The highest BCUT2D eigenvalue weighted by molar-refractivity contribution is 9.10. The van der Waals surface area contributed by atoms with Gasteiger partial charge in [-0.05, 0) is 37.3 Å².